The lowest BCUT2D eigenvalue weighted by Crippen LogP contribution is -2.07. The first kappa shape index (κ1) is 17.0. The number of benzene rings is 5. The molecule has 0 saturated carbocycles. The topological polar surface area (TPSA) is 29.3 Å². The molecule has 0 atom stereocenters. The summed E-state index contributed by atoms with van der Waals surface area (Å²) in [5, 5.41) is 7.04. The summed E-state index contributed by atoms with van der Waals surface area (Å²) in [5.74, 6) is 0.654. The molecule has 3 nitrogen and oxygen atoms in total. The molecule has 3 heteroatoms. The number of fused-ring (bicyclic) bond motifs is 8. The molecule has 0 amide bonds. The fourth-order valence-corrected chi connectivity index (χ4v) is 4.36. The van der Waals surface area contributed by atoms with E-state index in [1.807, 2.05) is 14.1 Å². The highest BCUT2D eigenvalue weighted by atomic mass is 16.3. The van der Waals surface area contributed by atoms with E-state index < -0.39 is 0 Å². The van der Waals surface area contributed by atoms with Crippen molar-refractivity contribution in [2.75, 3.05) is 19.0 Å². The van der Waals surface area contributed by atoms with Gasteiger partial charge >= 0.3 is 0 Å². The predicted octanol–water partition coefficient (Wildman–Crippen LogP) is 7.02. The Balaban J connectivity index is 1.74. The van der Waals surface area contributed by atoms with Gasteiger partial charge in [-0.1, -0.05) is 60.7 Å². The van der Waals surface area contributed by atoms with Crippen LogP contribution in [0.15, 0.2) is 89.3 Å². The van der Waals surface area contributed by atoms with Gasteiger partial charge in [-0.3, -0.25) is 0 Å². The first-order valence-electron chi connectivity index (χ1n) is 10.1. The van der Waals surface area contributed by atoms with Gasteiger partial charge in [0.15, 0.2) is 5.58 Å². The average molecular weight is 388 g/mol. The maximum Gasteiger partial charge on any atom is 0.227 e. The van der Waals surface area contributed by atoms with E-state index in [2.05, 4.69) is 89.8 Å². The summed E-state index contributed by atoms with van der Waals surface area (Å²) in [4.78, 5) is 7.05. The molecule has 144 valence electrons. The quantitative estimate of drug-likeness (QED) is 0.298. The zero-order chi connectivity index (χ0) is 20.2. The van der Waals surface area contributed by atoms with Gasteiger partial charge < -0.3 is 9.32 Å². The second-order valence-corrected chi connectivity index (χ2v) is 7.89. The molecule has 0 radical (unpaired) electrons. The van der Waals surface area contributed by atoms with Crippen molar-refractivity contribution in [1.29, 1.82) is 0 Å². The van der Waals surface area contributed by atoms with E-state index in [-0.39, 0.29) is 0 Å². The summed E-state index contributed by atoms with van der Waals surface area (Å²) in [6, 6.07) is 29.6. The molecule has 1 aromatic heterocycles. The lowest BCUT2D eigenvalue weighted by molar-refractivity contribution is 0.623. The van der Waals surface area contributed by atoms with Gasteiger partial charge in [0.1, 0.15) is 5.52 Å². The van der Waals surface area contributed by atoms with Crippen LogP contribution >= 0.6 is 0 Å². The van der Waals surface area contributed by atoms with Gasteiger partial charge in [-0.2, -0.15) is 0 Å². The van der Waals surface area contributed by atoms with Crippen molar-refractivity contribution in [3.05, 3.63) is 84.9 Å². The van der Waals surface area contributed by atoms with E-state index in [0.29, 0.717) is 5.89 Å². The van der Waals surface area contributed by atoms with Crippen LogP contribution in [0, 0.1) is 0 Å². The van der Waals surface area contributed by atoms with Crippen molar-refractivity contribution < 1.29 is 4.42 Å². The second-order valence-electron chi connectivity index (χ2n) is 7.89. The molecule has 6 rings (SSSR count). The molecule has 5 aromatic carbocycles. The van der Waals surface area contributed by atoms with Crippen LogP contribution in [-0.4, -0.2) is 19.1 Å². The van der Waals surface area contributed by atoms with Gasteiger partial charge in [0.05, 0.1) is 0 Å². The molecule has 0 aliphatic rings. The SMILES string of the molecule is CN(C)c1ccc(-c2nc3c4ccccc4c4ccc5ccccc5c4c3o2)cc1. The van der Waals surface area contributed by atoms with E-state index in [1.54, 1.807) is 0 Å². The molecular weight excluding hydrogens is 368 g/mol. The fourth-order valence-electron chi connectivity index (χ4n) is 4.36. The van der Waals surface area contributed by atoms with Crippen LogP contribution in [0.1, 0.15) is 0 Å². The average Bonchev–Trinajstić information content (AvgIpc) is 3.24. The van der Waals surface area contributed by atoms with Gasteiger partial charge in [0, 0.05) is 36.1 Å². The summed E-state index contributed by atoms with van der Waals surface area (Å²) in [7, 11) is 4.08. The standard InChI is InChI=1S/C27H20N2O/c1-29(2)19-14-11-18(12-15-19)27-28-25-23-10-6-5-9-21(23)22-16-13-17-7-3-4-8-20(17)24(22)26(25)30-27/h3-16H,1-2H3. The Morgan fingerprint density at radius 2 is 1.37 bits per heavy atom. The number of oxazole rings is 1. The van der Waals surface area contributed by atoms with Crippen molar-refractivity contribution in [2.24, 2.45) is 0 Å². The molecule has 0 bridgehead atoms. The smallest absolute Gasteiger partial charge is 0.227 e. The van der Waals surface area contributed by atoms with E-state index in [4.69, 9.17) is 9.40 Å². The van der Waals surface area contributed by atoms with Gasteiger partial charge in [-0.25, -0.2) is 4.98 Å². The minimum absolute atomic E-state index is 0.654. The van der Waals surface area contributed by atoms with Gasteiger partial charge in [0.25, 0.3) is 0 Å². The Bertz CT molecular complexity index is 1550. The first-order chi connectivity index (χ1) is 14.7. The highest BCUT2D eigenvalue weighted by molar-refractivity contribution is 6.29. The van der Waals surface area contributed by atoms with Crippen molar-refractivity contribution in [2.45, 2.75) is 0 Å². The van der Waals surface area contributed by atoms with Crippen LogP contribution in [-0.2, 0) is 0 Å². The number of rotatable bonds is 2. The third-order valence-corrected chi connectivity index (χ3v) is 5.89. The Morgan fingerprint density at radius 3 is 2.13 bits per heavy atom. The van der Waals surface area contributed by atoms with Crippen molar-refractivity contribution in [3.8, 4) is 11.5 Å². The maximum absolute atomic E-state index is 6.46. The third-order valence-electron chi connectivity index (χ3n) is 5.89. The summed E-state index contributed by atoms with van der Waals surface area (Å²) >= 11 is 0. The number of hydrogen-bond acceptors (Lipinski definition) is 3. The van der Waals surface area contributed by atoms with Crippen LogP contribution in [0.25, 0.3) is 54.9 Å². The zero-order valence-electron chi connectivity index (χ0n) is 16.9. The first-order valence-corrected chi connectivity index (χ1v) is 10.1. The van der Waals surface area contributed by atoms with E-state index in [9.17, 15) is 0 Å². The third kappa shape index (κ3) is 2.42. The molecule has 0 fully saturated rings. The normalized spacial score (nSPS) is 11.7. The Hall–Kier alpha value is -3.85. The molecule has 30 heavy (non-hydrogen) atoms. The molecule has 0 aliphatic carbocycles. The highest BCUT2D eigenvalue weighted by Gasteiger charge is 2.17. The minimum atomic E-state index is 0.654. The zero-order valence-corrected chi connectivity index (χ0v) is 16.9. The minimum Gasteiger partial charge on any atom is -0.435 e. The monoisotopic (exact) mass is 388 g/mol. The number of aromatic nitrogens is 1. The number of anilines is 1. The Labute approximate surface area is 174 Å². The molecular formula is C27H20N2O. The van der Waals surface area contributed by atoms with E-state index >= 15 is 0 Å². The molecule has 6 aromatic rings. The Morgan fingerprint density at radius 1 is 0.667 bits per heavy atom. The van der Waals surface area contributed by atoms with E-state index in [0.717, 1.165) is 33.1 Å². The van der Waals surface area contributed by atoms with E-state index in [1.165, 1.54) is 21.5 Å². The van der Waals surface area contributed by atoms with Gasteiger partial charge in [-0.15, -0.1) is 0 Å². The van der Waals surface area contributed by atoms with Crippen LogP contribution in [0.2, 0.25) is 0 Å². The lowest BCUT2D eigenvalue weighted by Gasteiger charge is -2.11. The Kier molecular flexibility index (Phi) is 3.59. The molecule has 0 aliphatic heterocycles. The van der Waals surface area contributed by atoms with Crippen LogP contribution < -0.4 is 4.90 Å². The second kappa shape index (κ2) is 6.33. The molecule has 0 spiro atoms. The lowest BCUT2D eigenvalue weighted by atomic mass is 9.96. The summed E-state index contributed by atoms with van der Waals surface area (Å²) in [6.45, 7) is 0. The molecule has 0 saturated heterocycles. The van der Waals surface area contributed by atoms with Crippen LogP contribution in [0.4, 0.5) is 5.69 Å². The number of nitrogens with zero attached hydrogens (tertiary/aromatic N) is 2. The molecule has 0 N–H and O–H groups in total. The maximum atomic E-state index is 6.46. The summed E-state index contributed by atoms with van der Waals surface area (Å²) in [6.07, 6.45) is 0. The van der Waals surface area contributed by atoms with Crippen LogP contribution in [0.5, 0.6) is 0 Å². The predicted molar refractivity (Wildman–Crippen MR) is 126 cm³/mol. The van der Waals surface area contributed by atoms with Crippen molar-refractivity contribution in [1.82, 2.24) is 4.98 Å². The fraction of sp³-hybridized carbons (Fsp3) is 0.0741. The largest absolute Gasteiger partial charge is 0.435 e. The number of hydrogen-bond donors (Lipinski definition) is 0. The van der Waals surface area contributed by atoms with Crippen LogP contribution in [0.3, 0.4) is 0 Å². The summed E-state index contributed by atoms with van der Waals surface area (Å²) < 4.78 is 6.46. The van der Waals surface area contributed by atoms with Gasteiger partial charge in [0.2, 0.25) is 5.89 Å². The van der Waals surface area contributed by atoms with Crippen molar-refractivity contribution >= 4 is 49.1 Å². The van der Waals surface area contributed by atoms with Gasteiger partial charge in [-0.05, 0) is 45.8 Å². The highest BCUT2D eigenvalue weighted by Crippen LogP contribution is 2.40. The molecule has 0 unspecified atom stereocenters. The van der Waals surface area contributed by atoms with Crippen molar-refractivity contribution in [3.63, 3.8) is 0 Å². The summed E-state index contributed by atoms with van der Waals surface area (Å²) in [5.41, 5.74) is 3.90. The molecule has 1 heterocycles.